The third-order valence-corrected chi connectivity index (χ3v) is 2.28. The Morgan fingerprint density at radius 2 is 2.36 bits per heavy atom. The molecule has 11 heavy (non-hydrogen) atoms. The van der Waals surface area contributed by atoms with Gasteiger partial charge >= 0.3 is 0 Å². The van der Waals surface area contributed by atoms with E-state index in [2.05, 4.69) is 26.0 Å². The van der Waals surface area contributed by atoms with E-state index in [0.717, 1.165) is 13.0 Å². The van der Waals surface area contributed by atoms with Crippen molar-refractivity contribution >= 4 is 0 Å². The summed E-state index contributed by atoms with van der Waals surface area (Å²) in [4.78, 5) is 0. The van der Waals surface area contributed by atoms with Gasteiger partial charge in [-0.05, 0) is 26.2 Å². The molecule has 0 radical (unpaired) electrons. The molecule has 0 amide bonds. The standard InChI is InChI=1S/C10H18O/c1-3-4-6-10-7-5-8-11-9(10)2/h4,6,9-10H,3,5,7-8H2,1-2H3. The first-order valence-electron chi connectivity index (χ1n) is 4.63. The smallest absolute Gasteiger partial charge is 0.0609 e. The zero-order chi connectivity index (χ0) is 8.10. The molecule has 1 rings (SSSR count). The van der Waals surface area contributed by atoms with E-state index in [-0.39, 0.29) is 0 Å². The average Bonchev–Trinajstić information content (AvgIpc) is 2.03. The van der Waals surface area contributed by atoms with Crippen molar-refractivity contribution in [1.82, 2.24) is 0 Å². The lowest BCUT2D eigenvalue weighted by molar-refractivity contribution is 0.00143. The van der Waals surface area contributed by atoms with Crippen LogP contribution in [0.15, 0.2) is 12.2 Å². The highest BCUT2D eigenvalue weighted by molar-refractivity contribution is 4.91. The first kappa shape index (κ1) is 8.79. The Morgan fingerprint density at radius 3 is 3.00 bits per heavy atom. The fourth-order valence-corrected chi connectivity index (χ4v) is 1.51. The van der Waals surface area contributed by atoms with Crippen molar-refractivity contribution < 1.29 is 4.74 Å². The summed E-state index contributed by atoms with van der Waals surface area (Å²) in [5.41, 5.74) is 0. The SMILES string of the molecule is CCC=CC1CCCOC1C. The zero-order valence-electron chi connectivity index (χ0n) is 7.55. The molecule has 0 aromatic carbocycles. The van der Waals surface area contributed by atoms with E-state index in [1.54, 1.807) is 0 Å². The molecular weight excluding hydrogens is 136 g/mol. The van der Waals surface area contributed by atoms with Gasteiger partial charge in [0, 0.05) is 12.5 Å². The highest BCUT2D eigenvalue weighted by Crippen LogP contribution is 2.21. The Bertz CT molecular complexity index is 129. The fraction of sp³-hybridized carbons (Fsp3) is 0.800. The van der Waals surface area contributed by atoms with E-state index in [0.29, 0.717) is 12.0 Å². The second-order valence-electron chi connectivity index (χ2n) is 3.22. The van der Waals surface area contributed by atoms with Crippen LogP contribution in [-0.2, 0) is 4.74 Å². The molecule has 1 saturated heterocycles. The third kappa shape index (κ3) is 2.66. The number of hydrogen-bond acceptors (Lipinski definition) is 1. The zero-order valence-corrected chi connectivity index (χ0v) is 7.55. The maximum atomic E-state index is 5.54. The summed E-state index contributed by atoms with van der Waals surface area (Å²) in [6.07, 6.45) is 8.66. The molecule has 0 bridgehead atoms. The lowest BCUT2D eigenvalue weighted by atomic mass is 9.95. The number of rotatable bonds is 2. The normalized spacial score (nSPS) is 32.9. The van der Waals surface area contributed by atoms with Crippen LogP contribution in [0.25, 0.3) is 0 Å². The molecule has 0 spiro atoms. The first-order chi connectivity index (χ1) is 5.34. The van der Waals surface area contributed by atoms with E-state index in [1.807, 2.05) is 0 Å². The summed E-state index contributed by atoms with van der Waals surface area (Å²) < 4.78 is 5.54. The molecule has 2 atom stereocenters. The van der Waals surface area contributed by atoms with Crippen molar-refractivity contribution in [3.8, 4) is 0 Å². The first-order valence-corrected chi connectivity index (χ1v) is 4.63. The Morgan fingerprint density at radius 1 is 1.55 bits per heavy atom. The Labute approximate surface area is 69.4 Å². The second kappa shape index (κ2) is 4.55. The lowest BCUT2D eigenvalue weighted by Gasteiger charge is -2.26. The highest BCUT2D eigenvalue weighted by atomic mass is 16.5. The fourth-order valence-electron chi connectivity index (χ4n) is 1.51. The van der Waals surface area contributed by atoms with Gasteiger partial charge in [0.05, 0.1) is 6.10 Å². The van der Waals surface area contributed by atoms with Crippen LogP contribution < -0.4 is 0 Å². The molecule has 2 unspecified atom stereocenters. The molecule has 1 nitrogen and oxygen atoms in total. The van der Waals surface area contributed by atoms with Gasteiger partial charge in [0.15, 0.2) is 0 Å². The lowest BCUT2D eigenvalue weighted by Crippen LogP contribution is -2.24. The molecule has 1 heteroatoms. The van der Waals surface area contributed by atoms with Gasteiger partial charge in [-0.3, -0.25) is 0 Å². The maximum absolute atomic E-state index is 5.54. The van der Waals surface area contributed by atoms with Crippen LogP contribution in [0, 0.1) is 5.92 Å². The van der Waals surface area contributed by atoms with Crippen LogP contribution in [0.5, 0.6) is 0 Å². The van der Waals surface area contributed by atoms with Crippen LogP contribution in [0.1, 0.15) is 33.1 Å². The van der Waals surface area contributed by atoms with Crippen molar-refractivity contribution in [2.45, 2.75) is 39.2 Å². The van der Waals surface area contributed by atoms with Crippen molar-refractivity contribution in [2.75, 3.05) is 6.61 Å². The van der Waals surface area contributed by atoms with Gasteiger partial charge in [0.1, 0.15) is 0 Å². The van der Waals surface area contributed by atoms with Gasteiger partial charge in [-0.2, -0.15) is 0 Å². The molecule has 1 fully saturated rings. The Kier molecular flexibility index (Phi) is 3.64. The molecule has 1 aliphatic rings. The molecule has 0 aromatic rings. The molecule has 0 N–H and O–H groups in total. The molecule has 1 heterocycles. The van der Waals surface area contributed by atoms with E-state index < -0.39 is 0 Å². The minimum absolute atomic E-state index is 0.437. The van der Waals surface area contributed by atoms with Gasteiger partial charge in [-0.25, -0.2) is 0 Å². The number of ether oxygens (including phenoxy) is 1. The summed E-state index contributed by atoms with van der Waals surface area (Å²) >= 11 is 0. The van der Waals surface area contributed by atoms with Crippen LogP contribution in [0.2, 0.25) is 0 Å². The van der Waals surface area contributed by atoms with Crippen molar-refractivity contribution in [1.29, 1.82) is 0 Å². The predicted molar refractivity (Wildman–Crippen MR) is 47.6 cm³/mol. The van der Waals surface area contributed by atoms with Crippen LogP contribution in [0.3, 0.4) is 0 Å². The molecule has 0 saturated carbocycles. The van der Waals surface area contributed by atoms with Gasteiger partial charge in [0.2, 0.25) is 0 Å². The minimum atomic E-state index is 0.437. The molecule has 64 valence electrons. The van der Waals surface area contributed by atoms with Crippen molar-refractivity contribution in [3.05, 3.63) is 12.2 Å². The largest absolute Gasteiger partial charge is 0.378 e. The molecule has 0 aliphatic carbocycles. The summed E-state index contributed by atoms with van der Waals surface area (Å²) in [7, 11) is 0. The summed E-state index contributed by atoms with van der Waals surface area (Å²) in [5.74, 6) is 0.670. The van der Waals surface area contributed by atoms with Gasteiger partial charge in [0.25, 0.3) is 0 Å². The molecule has 1 aliphatic heterocycles. The summed E-state index contributed by atoms with van der Waals surface area (Å²) in [6, 6.07) is 0. The maximum Gasteiger partial charge on any atom is 0.0609 e. The number of hydrogen-bond donors (Lipinski definition) is 0. The predicted octanol–water partition coefficient (Wildman–Crippen LogP) is 2.77. The average molecular weight is 154 g/mol. The van der Waals surface area contributed by atoms with Gasteiger partial charge in [-0.1, -0.05) is 19.1 Å². The van der Waals surface area contributed by atoms with Crippen LogP contribution in [0.4, 0.5) is 0 Å². The monoisotopic (exact) mass is 154 g/mol. The third-order valence-electron chi connectivity index (χ3n) is 2.28. The quantitative estimate of drug-likeness (QED) is 0.556. The number of allylic oxidation sites excluding steroid dienone is 1. The van der Waals surface area contributed by atoms with E-state index in [4.69, 9.17) is 4.74 Å². The molecule has 0 aromatic heterocycles. The van der Waals surface area contributed by atoms with E-state index in [9.17, 15) is 0 Å². The van der Waals surface area contributed by atoms with Crippen LogP contribution >= 0.6 is 0 Å². The molecular formula is C10H18O. The van der Waals surface area contributed by atoms with E-state index in [1.165, 1.54) is 12.8 Å². The Hall–Kier alpha value is -0.300. The summed E-state index contributed by atoms with van der Waals surface area (Å²) in [6.45, 7) is 5.30. The van der Waals surface area contributed by atoms with Crippen LogP contribution in [-0.4, -0.2) is 12.7 Å². The second-order valence-corrected chi connectivity index (χ2v) is 3.22. The summed E-state index contributed by atoms with van der Waals surface area (Å²) in [5, 5.41) is 0. The van der Waals surface area contributed by atoms with Gasteiger partial charge < -0.3 is 4.74 Å². The topological polar surface area (TPSA) is 9.23 Å². The van der Waals surface area contributed by atoms with Crippen molar-refractivity contribution in [3.63, 3.8) is 0 Å². The highest BCUT2D eigenvalue weighted by Gasteiger charge is 2.18. The Balaban J connectivity index is 2.35. The van der Waals surface area contributed by atoms with Gasteiger partial charge in [-0.15, -0.1) is 0 Å². The minimum Gasteiger partial charge on any atom is -0.378 e. The van der Waals surface area contributed by atoms with E-state index >= 15 is 0 Å². The van der Waals surface area contributed by atoms with Crippen molar-refractivity contribution in [2.24, 2.45) is 5.92 Å².